The second-order valence-electron chi connectivity index (χ2n) is 5.19. The van der Waals surface area contributed by atoms with Crippen LogP contribution in [0.3, 0.4) is 0 Å². The van der Waals surface area contributed by atoms with E-state index in [4.69, 9.17) is 5.73 Å². The second kappa shape index (κ2) is 4.63. The third kappa shape index (κ3) is 2.29. The van der Waals surface area contributed by atoms with Crippen LogP contribution in [-0.2, 0) is 0 Å². The molecule has 1 saturated carbocycles. The maximum absolute atomic E-state index is 5.80. The summed E-state index contributed by atoms with van der Waals surface area (Å²) in [5.41, 5.74) is 5.80. The fourth-order valence-electron chi connectivity index (χ4n) is 3.15. The van der Waals surface area contributed by atoms with Gasteiger partial charge in [0.25, 0.3) is 0 Å². The highest BCUT2D eigenvalue weighted by atomic mass is 15.2. The summed E-state index contributed by atoms with van der Waals surface area (Å²) >= 11 is 0. The van der Waals surface area contributed by atoms with Crippen molar-refractivity contribution in [1.29, 1.82) is 0 Å². The quantitative estimate of drug-likeness (QED) is 0.746. The van der Waals surface area contributed by atoms with E-state index < -0.39 is 0 Å². The zero-order valence-corrected chi connectivity index (χ0v) is 9.41. The lowest BCUT2D eigenvalue weighted by molar-refractivity contribution is 0.0878. The van der Waals surface area contributed by atoms with Crippen LogP contribution < -0.4 is 5.73 Å². The van der Waals surface area contributed by atoms with E-state index in [-0.39, 0.29) is 0 Å². The van der Waals surface area contributed by atoms with Gasteiger partial charge in [-0.05, 0) is 18.3 Å². The molecule has 1 heterocycles. The van der Waals surface area contributed by atoms with E-state index in [0.29, 0.717) is 6.04 Å². The van der Waals surface area contributed by atoms with Crippen molar-refractivity contribution < 1.29 is 0 Å². The first kappa shape index (κ1) is 10.4. The van der Waals surface area contributed by atoms with Crippen molar-refractivity contribution in [3.63, 3.8) is 0 Å². The minimum Gasteiger partial charge on any atom is -0.325 e. The van der Waals surface area contributed by atoms with Crippen molar-refractivity contribution in [3.05, 3.63) is 0 Å². The van der Waals surface area contributed by atoms with E-state index in [9.17, 15) is 0 Å². The molecule has 1 aliphatic heterocycles. The van der Waals surface area contributed by atoms with Crippen molar-refractivity contribution in [2.75, 3.05) is 19.6 Å². The SMILES string of the molecule is CCC1CCCCC1CN1CC(N)C1. The molecule has 0 bridgehead atoms. The first-order valence-electron chi connectivity index (χ1n) is 6.27. The molecule has 0 aromatic carbocycles. The van der Waals surface area contributed by atoms with E-state index in [0.717, 1.165) is 24.9 Å². The van der Waals surface area contributed by atoms with Crippen LogP contribution in [0.1, 0.15) is 39.0 Å². The second-order valence-corrected chi connectivity index (χ2v) is 5.19. The molecule has 2 nitrogen and oxygen atoms in total. The normalized spacial score (nSPS) is 35.6. The molecule has 2 N–H and O–H groups in total. The Hall–Kier alpha value is -0.0800. The van der Waals surface area contributed by atoms with Crippen molar-refractivity contribution in [3.8, 4) is 0 Å². The Kier molecular flexibility index (Phi) is 3.45. The zero-order valence-electron chi connectivity index (χ0n) is 9.41. The fourth-order valence-corrected chi connectivity index (χ4v) is 3.15. The summed E-state index contributed by atoms with van der Waals surface area (Å²) in [4.78, 5) is 2.54. The van der Waals surface area contributed by atoms with Crippen LogP contribution >= 0.6 is 0 Å². The molecule has 82 valence electrons. The molecule has 0 amide bonds. The minimum atomic E-state index is 0.471. The van der Waals surface area contributed by atoms with Gasteiger partial charge in [-0.3, -0.25) is 4.90 Å². The first-order chi connectivity index (χ1) is 6.79. The molecule has 2 fully saturated rings. The third-order valence-electron chi connectivity index (χ3n) is 4.07. The van der Waals surface area contributed by atoms with Crippen LogP contribution in [0.25, 0.3) is 0 Å². The smallest absolute Gasteiger partial charge is 0.0297 e. The van der Waals surface area contributed by atoms with Crippen molar-refractivity contribution in [2.24, 2.45) is 17.6 Å². The topological polar surface area (TPSA) is 29.3 Å². The predicted octanol–water partition coefficient (Wildman–Crippen LogP) is 1.85. The Morgan fingerprint density at radius 2 is 1.79 bits per heavy atom. The lowest BCUT2D eigenvalue weighted by Gasteiger charge is -2.42. The summed E-state index contributed by atoms with van der Waals surface area (Å²) in [6.07, 6.45) is 7.24. The molecular weight excluding hydrogens is 172 g/mol. The van der Waals surface area contributed by atoms with Gasteiger partial charge in [-0.1, -0.05) is 32.6 Å². The predicted molar refractivity (Wildman–Crippen MR) is 60.2 cm³/mol. The molecule has 2 unspecified atom stereocenters. The number of likely N-dealkylation sites (tertiary alicyclic amines) is 1. The summed E-state index contributed by atoms with van der Waals surface area (Å²) in [7, 11) is 0. The molecule has 1 saturated heterocycles. The average Bonchev–Trinajstić information content (AvgIpc) is 2.16. The van der Waals surface area contributed by atoms with Gasteiger partial charge >= 0.3 is 0 Å². The van der Waals surface area contributed by atoms with E-state index in [2.05, 4.69) is 11.8 Å². The Morgan fingerprint density at radius 1 is 1.14 bits per heavy atom. The molecule has 0 aromatic heterocycles. The van der Waals surface area contributed by atoms with Gasteiger partial charge in [-0.15, -0.1) is 0 Å². The average molecular weight is 196 g/mol. The lowest BCUT2D eigenvalue weighted by atomic mass is 9.77. The Bertz CT molecular complexity index is 175. The van der Waals surface area contributed by atoms with Crippen LogP contribution in [0.15, 0.2) is 0 Å². The summed E-state index contributed by atoms with van der Waals surface area (Å²) in [6, 6.07) is 0.471. The van der Waals surface area contributed by atoms with Gasteiger partial charge < -0.3 is 5.73 Å². The van der Waals surface area contributed by atoms with E-state index in [1.54, 1.807) is 0 Å². The van der Waals surface area contributed by atoms with Crippen LogP contribution in [0.5, 0.6) is 0 Å². The van der Waals surface area contributed by atoms with Gasteiger partial charge in [-0.25, -0.2) is 0 Å². The number of hydrogen-bond acceptors (Lipinski definition) is 2. The summed E-state index contributed by atoms with van der Waals surface area (Å²) in [6.45, 7) is 5.97. The van der Waals surface area contributed by atoms with Gasteiger partial charge in [0.1, 0.15) is 0 Å². The minimum absolute atomic E-state index is 0.471. The highest BCUT2D eigenvalue weighted by Gasteiger charge is 2.30. The van der Waals surface area contributed by atoms with Gasteiger partial charge in [0, 0.05) is 25.7 Å². The van der Waals surface area contributed by atoms with Crippen molar-refractivity contribution in [2.45, 2.75) is 45.1 Å². The van der Waals surface area contributed by atoms with E-state index >= 15 is 0 Å². The summed E-state index contributed by atoms with van der Waals surface area (Å²) in [5, 5.41) is 0. The number of hydrogen-bond donors (Lipinski definition) is 1. The molecule has 0 spiro atoms. The monoisotopic (exact) mass is 196 g/mol. The van der Waals surface area contributed by atoms with Crippen LogP contribution in [0.2, 0.25) is 0 Å². The molecule has 2 rings (SSSR count). The molecule has 1 aliphatic carbocycles. The Morgan fingerprint density at radius 3 is 2.36 bits per heavy atom. The van der Waals surface area contributed by atoms with Crippen molar-refractivity contribution >= 4 is 0 Å². The number of nitrogens with two attached hydrogens (primary N) is 1. The molecule has 2 heteroatoms. The highest BCUT2D eigenvalue weighted by molar-refractivity contribution is 4.86. The molecule has 2 atom stereocenters. The standard InChI is InChI=1S/C12H24N2/c1-2-10-5-3-4-6-11(10)7-14-8-12(13)9-14/h10-12H,2-9,13H2,1H3. The van der Waals surface area contributed by atoms with Crippen LogP contribution in [0.4, 0.5) is 0 Å². The molecule has 2 aliphatic rings. The van der Waals surface area contributed by atoms with Crippen molar-refractivity contribution in [1.82, 2.24) is 4.90 Å². The zero-order chi connectivity index (χ0) is 9.97. The molecule has 0 radical (unpaired) electrons. The van der Waals surface area contributed by atoms with Gasteiger partial charge in [0.15, 0.2) is 0 Å². The van der Waals surface area contributed by atoms with Gasteiger partial charge in [0.05, 0.1) is 0 Å². The maximum atomic E-state index is 5.80. The number of rotatable bonds is 3. The molecule has 14 heavy (non-hydrogen) atoms. The molecule has 0 aromatic rings. The highest BCUT2D eigenvalue weighted by Crippen LogP contribution is 2.33. The number of nitrogens with zero attached hydrogens (tertiary/aromatic N) is 1. The molecular formula is C12H24N2. The largest absolute Gasteiger partial charge is 0.325 e. The third-order valence-corrected chi connectivity index (χ3v) is 4.07. The maximum Gasteiger partial charge on any atom is 0.0297 e. The summed E-state index contributed by atoms with van der Waals surface area (Å²) in [5.74, 6) is 1.97. The fraction of sp³-hybridized carbons (Fsp3) is 1.00. The van der Waals surface area contributed by atoms with Gasteiger partial charge in [0.2, 0.25) is 0 Å². The van der Waals surface area contributed by atoms with Crippen LogP contribution in [0, 0.1) is 11.8 Å². The summed E-state index contributed by atoms with van der Waals surface area (Å²) < 4.78 is 0. The van der Waals surface area contributed by atoms with Gasteiger partial charge in [-0.2, -0.15) is 0 Å². The first-order valence-corrected chi connectivity index (χ1v) is 6.27. The Balaban J connectivity index is 1.77. The lowest BCUT2D eigenvalue weighted by Crippen LogP contribution is -2.57. The van der Waals surface area contributed by atoms with Crippen LogP contribution in [-0.4, -0.2) is 30.6 Å². The Labute approximate surface area is 87.8 Å². The van der Waals surface area contributed by atoms with E-state index in [1.165, 1.54) is 38.6 Å². The van der Waals surface area contributed by atoms with E-state index in [1.807, 2.05) is 0 Å².